The highest BCUT2D eigenvalue weighted by Gasteiger charge is 2.44. The molecule has 0 aliphatic carbocycles. The van der Waals surface area contributed by atoms with Gasteiger partial charge in [0.25, 0.3) is 0 Å². The van der Waals surface area contributed by atoms with Crippen LogP contribution in [-0.4, -0.2) is 29.3 Å². The normalized spacial score (nSPS) is 21.6. The molecule has 2 heteroatoms. The predicted molar refractivity (Wildman–Crippen MR) is 54.8 cm³/mol. The number of unbranched alkanes of at least 4 members (excludes halogenated alkanes) is 3. The fourth-order valence-corrected chi connectivity index (χ4v) is 1.74. The molecule has 1 heterocycles. The van der Waals surface area contributed by atoms with Crippen molar-refractivity contribution >= 4 is 5.78 Å². The molecule has 0 radical (unpaired) electrons. The summed E-state index contributed by atoms with van der Waals surface area (Å²) in [5.41, 5.74) is -0.161. The van der Waals surface area contributed by atoms with Crippen LogP contribution in [0.25, 0.3) is 0 Å². The highest BCUT2D eigenvalue weighted by molar-refractivity contribution is 5.94. The van der Waals surface area contributed by atoms with Crippen LogP contribution < -0.4 is 0 Å². The number of Topliss-reactive ketones (excluding diaryl/α,β-unsaturated/α-hetero) is 1. The molecule has 1 saturated heterocycles. The molecule has 0 amide bonds. The predicted octanol–water partition coefficient (Wildman–Crippen LogP) is 2.23. The van der Waals surface area contributed by atoms with Crippen molar-refractivity contribution in [2.45, 2.75) is 52.0 Å². The van der Waals surface area contributed by atoms with Crippen molar-refractivity contribution in [3.05, 3.63) is 0 Å². The summed E-state index contributed by atoms with van der Waals surface area (Å²) in [5, 5.41) is 0. The zero-order chi connectivity index (χ0) is 9.90. The van der Waals surface area contributed by atoms with E-state index in [0.717, 1.165) is 6.54 Å². The second kappa shape index (κ2) is 4.23. The summed E-state index contributed by atoms with van der Waals surface area (Å²) in [7, 11) is 0. The van der Waals surface area contributed by atoms with E-state index in [1.165, 1.54) is 25.7 Å². The molecule has 1 aliphatic heterocycles. The Labute approximate surface area is 81.3 Å². The number of nitrogens with zero attached hydrogens (tertiary/aromatic N) is 1. The van der Waals surface area contributed by atoms with Gasteiger partial charge in [0.2, 0.25) is 0 Å². The van der Waals surface area contributed by atoms with E-state index in [2.05, 4.69) is 11.8 Å². The molecule has 0 aromatic carbocycles. The maximum absolute atomic E-state index is 11.2. The largest absolute Gasteiger partial charge is 0.296 e. The van der Waals surface area contributed by atoms with Gasteiger partial charge in [-0.05, 0) is 26.8 Å². The number of carbonyl (C=O) groups excluding carboxylic acids is 1. The molecule has 0 unspecified atom stereocenters. The Bertz CT molecular complexity index is 187. The molecule has 0 aromatic heterocycles. The molecule has 0 aromatic rings. The van der Waals surface area contributed by atoms with Crippen molar-refractivity contribution in [1.29, 1.82) is 0 Å². The number of hydrogen-bond donors (Lipinski definition) is 0. The molecule has 76 valence electrons. The highest BCUT2D eigenvalue weighted by Crippen LogP contribution is 2.26. The lowest BCUT2D eigenvalue weighted by Gasteiger charge is -2.46. The Morgan fingerprint density at radius 2 is 2.00 bits per heavy atom. The molecular formula is C11H21NO. The highest BCUT2D eigenvalue weighted by atomic mass is 16.1. The summed E-state index contributed by atoms with van der Waals surface area (Å²) in [6.45, 7) is 8.05. The second-order valence-corrected chi connectivity index (χ2v) is 4.46. The lowest BCUT2D eigenvalue weighted by atomic mass is 9.87. The van der Waals surface area contributed by atoms with E-state index >= 15 is 0 Å². The number of hydrogen-bond acceptors (Lipinski definition) is 2. The summed E-state index contributed by atoms with van der Waals surface area (Å²) < 4.78 is 0. The number of carbonyl (C=O) groups is 1. The minimum Gasteiger partial charge on any atom is -0.296 e. The van der Waals surface area contributed by atoms with Crippen molar-refractivity contribution in [2.75, 3.05) is 13.1 Å². The van der Waals surface area contributed by atoms with Crippen LogP contribution in [0.15, 0.2) is 0 Å². The lowest BCUT2D eigenvalue weighted by Crippen LogP contribution is -2.64. The van der Waals surface area contributed by atoms with Crippen molar-refractivity contribution in [2.24, 2.45) is 0 Å². The monoisotopic (exact) mass is 183 g/mol. The third kappa shape index (κ3) is 2.31. The molecule has 1 fully saturated rings. The molecule has 13 heavy (non-hydrogen) atoms. The molecule has 0 atom stereocenters. The number of likely N-dealkylation sites (tertiary alicyclic amines) is 1. The SMILES string of the molecule is CCCCCCN1CC(=O)C1(C)C. The summed E-state index contributed by atoms with van der Waals surface area (Å²) in [4.78, 5) is 13.5. The maximum Gasteiger partial charge on any atom is 0.166 e. The molecular weight excluding hydrogens is 162 g/mol. The third-order valence-electron chi connectivity index (χ3n) is 3.09. The first-order valence-electron chi connectivity index (χ1n) is 5.37. The van der Waals surface area contributed by atoms with E-state index < -0.39 is 0 Å². The molecule has 1 rings (SSSR count). The number of ketones is 1. The first-order chi connectivity index (χ1) is 6.09. The van der Waals surface area contributed by atoms with Crippen molar-refractivity contribution in [1.82, 2.24) is 4.90 Å². The van der Waals surface area contributed by atoms with Crippen LogP contribution >= 0.6 is 0 Å². The zero-order valence-electron chi connectivity index (χ0n) is 9.10. The van der Waals surface area contributed by atoms with Crippen molar-refractivity contribution in [3.8, 4) is 0 Å². The van der Waals surface area contributed by atoms with Crippen LogP contribution in [0.2, 0.25) is 0 Å². The van der Waals surface area contributed by atoms with Gasteiger partial charge < -0.3 is 0 Å². The summed E-state index contributed by atoms with van der Waals surface area (Å²) >= 11 is 0. The Hall–Kier alpha value is -0.370. The average Bonchev–Trinajstić information content (AvgIpc) is 2.10. The van der Waals surface area contributed by atoms with E-state index in [1.54, 1.807) is 0 Å². The quantitative estimate of drug-likeness (QED) is 0.609. The molecule has 0 bridgehead atoms. The zero-order valence-corrected chi connectivity index (χ0v) is 9.10. The van der Waals surface area contributed by atoms with Gasteiger partial charge in [0.05, 0.1) is 12.1 Å². The molecule has 0 saturated carbocycles. The Morgan fingerprint density at radius 1 is 1.31 bits per heavy atom. The van der Waals surface area contributed by atoms with Crippen LogP contribution in [0.1, 0.15) is 46.5 Å². The van der Waals surface area contributed by atoms with Gasteiger partial charge in [-0.15, -0.1) is 0 Å². The average molecular weight is 183 g/mol. The Morgan fingerprint density at radius 3 is 2.46 bits per heavy atom. The van der Waals surface area contributed by atoms with Gasteiger partial charge in [0, 0.05) is 0 Å². The van der Waals surface area contributed by atoms with Crippen LogP contribution in [0, 0.1) is 0 Å². The van der Waals surface area contributed by atoms with Crippen LogP contribution in [0.4, 0.5) is 0 Å². The van der Waals surface area contributed by atoms with E-state index in [-0.39, 0.29) is 5.54 Å². The topological polar surface area (TPSA) is 20.3 Å². The van der Waals surface area contributed by atoms with Gasteiger partial charge in [-0.25, -0.2) is 0 Å². The van der Waals surface area contributed by atoms with Gasteiger partial charge in [-0.3, -0.25) is 9.69 Å². The van der Waals surface area contributed by atoms with E-state index in [0.29, 0.717) is 12.3 Å². The van der Waals surface area contributed by atoms with Crippen LogP contribution in [0.5, 0.6) is 0 Å². The summed E-state index contributed by atoms with van der Waals surface area (Å²) in [6, 6.07) is 0. The third-order valence-corrected chi connectivity index (χ3v) is 3.09. The molecule has 2 nitrogen and oxygen atoms in total. The van der Waals surface area contributed by atoms with Gasteiger partial charge in [0.1, 0.15) is 0 Å². The minimum atomic E-state index is -0.161. The smallest absolute Gasteiger partial charge is 0.166 e. The lowest BCUT2D eigenvalue weighted by molar-refractivity contribution is -0.144. The van der Waals surface area contributed by atoms with Crippen molar-refractivity contribution < 1.29 is 4.79 Å². The fraction of sp³-hybridized carbons (Fsp3) is 0.909. The first kappa shape index (κ1) is 10.7. The Kier molecular flexibility index (Phi) is 3.48. The van der Waals surface area contributed by atoms with Crippen LogP contribution in [-0.2, 0) is 4.79 Å². The minimum absolute atomic E-state index is 0.161. The summed E-state index contributed by atoms with van der Waals surface area (Å²) in [6.07, 6.45) is 5.15. The fourth-order valence-electron chi connectivity index (χ4n) is 1.74. The summed E-state index contributed by atoms with van der Waals surface area (Å²) in [5.74, 6) is 0.392. The van der Waals surface area contributed by atoms with E-state index in [1.807, 2.05) is 13.8 Å². The number of rotatable bonds is 5. The van der Waals surface area contributed by atoms with Crippen LogP contribution in [0.3, 0.4) is 0 Å². The van der Waals surface area contributed by atoms with Gasteiger partial charge >= 0.3 is 0 Å². The second-order valence-electron chi connectivity index (χ2n) is 4.46. The van der Waals surface area contributed by atoms with E-state index in [9.17, 15) is 4.79 Å². The first-order valence-corrected chi connectivity index (χ1v) is 5.37. The standard InChI is InChI=1S/C11H21NO/c1-4-5-6-7-8-12-9-10(13)11(12,2)3/h4-9H2,1-3H3. The van der Waals surface area contributed by atoms with Gasteiger partial charge in [-0.2, -0.15) is 0 Å². The Balaban J connectivity index is 2.14. The van der Waals surface area contributed by atoms with E-state index in [4.69, 9.17) is 0 Å². The molecule has 0 spiro atoms. The molecule has 0 N–H and O–H groups in total. The molecule has 1 aliphatic rings. The van der Waals surface area contributed by atoms with Gasteiger partial charge in [-0.1, -0.05) is 26.2 Å². The maximum atomic E-state index is 11.2. The van der Waals surface area contributed by atoms with Gasteiger partial charge in [0.15, 0.2) is 5.78 Å². The van der Waals surface area contributed by atoms with Crippen molar-refractivity contribution in [3.63, 3.8) is 0 Å².